The highest BCUT2D eigenvalue weighted by molar-refractivity contribution is 5.09. The predicted octanol–water partition coefficient (Wildman–Crippen LogP) is 0.703. The fourth-order valence-electron chi connectivity index (χ4n) is 2.85. The van der Waals surface area contributed by atoms with Crippen LogP contribution in [0.5, 0.6) is 0 Å². The van der Waals surface area contributed by atoms with E-state index in [1.54, 1.807) is 0 Å². The van der Waals surface area contributed by atoms with Gasteiger partial charge in [-0.1, -0.05) is 13.8 Å². The van der Waals surface area contributed by atoms with E-state index >= 15 is 0 Å². The molecule has 2 rings (SSSR count). The van der Waals surface area contributed by atoms with Crippen molar-refractivity contribution in [3.05, 3.63) is 0 Å². The van der Waals surface area contributed by atoms with Crippen molar-refractivity contribution in [1.29, 1.82) is 0 Å². The van der Waals surface area contributed by atoms with Gasteiger partial charge in [-0.3, -0.25) is 4.90 Å². The molecule has 2 saturated heterocycles. The molecular formula is C11H22N2O. The van der Waals surface area contributed by atoms with E-state index in [0.29, 0.717) is 18.1 Å². The summed E-state index contributed by atoms with van der Waals surface area (Å²) in [7, 11) is 2.22. The molecule has 2 aliphatic rings. The first kappa shape index (κ1) is 10.4. The molecule has 82 valence electrons. The molecule has 14 heavy (non-hydrogen) atoms. The van der Waals surface area contributed by atoms with Gasteiger partial charge in [-0.2, -0.15) is 0 Å². The van der Waals surface area contributed by atoms with Crippen molar-refractivity contribution in [1.82, 2.24) is 10.2 Å². The first-order valence-corrected chi connectivity index (χ1v) is 5.62. The molecule has 3 heteroatoms. The molecule has 3 atom stereocenters. The second-order valence-corrected chi connectivity index (χ2v) is 5.15. The number of ether oxygens (including phenoxy) is 1. The molecule has 0 spiro atoms. The van der Waals surface area contributed by atoms with Gasteiger partial charge in [-0.15, -0.1) is 0 Å². The van der Waals surface area contributed by atoms with Gasteiger partial charge in [0.25, 0.3) is 0 Å². The minimum Gasteiger partial charge on any atom is -0.374 e. The Labute approximate surface area is 86.8 Å². The van der Waals surface area contributed by atoms with E-state index in [2.05, 4.69) is 38.0 Å². The summed E-state index contributed by atoms with van der Waals surface area (Å²) in [6.07, 6.45) is 0.390. The van der Waals surface area contributed by atoms with Gasteiger partial charge in [-0.05, 0) is 19.9 Å². The second kappa shape index (κ2) is 3.47. The molecular weight excluding hydrogens is 176 g/mol. The van der Waals surface area contributed by atoms with Crippen LogP contribution in [0.1, 0.15) is 20.8 Å². The molecule has 2 heterocycles. The summed E-state index contributed by atoms with van der Waals surface area (Å²) in [6, 6.07) is 0.538. The molecule has 0 aliphatic carbocycles. The third-order valence-electron chi connectivity index (χ3n) is 4.10. The Bertz CT molecular complexity index is 219. The lowest BCUT2D eigenvalue weighted by Crippen LogP contribution is -2.60. The van der Waals surface area contributed by atoms with Crippen LogP contribution in [0.3, 0.4) is 0 Å². The molecule has 0 aromatic carbocycles. The number of rotatable bonds is 1. The maximum Gasteiger partial charge on any atom is 0.0872 e. The van der Waals surface area contributed by atoms with Gasteiger partial charge >= 0.3 is 0 Å². The van der Waals surface area contributed by atoms with Gasteiger partial charge in [-0.25, -0.2) is 0 Å². The standard InChI is InChI=1S/C11H22N2O/c1-8(2)11(3)10-9(7-12-11)14-6-5-13(10)4/h8-10,12H,5-7H2,1-4H3. The maximum absolute atomic E-state index is 5.81. The lowest BCUT2D eigenvalue weighted by Gasteiger charge is -2.44. The predicted molar refractivity (Wildman–Crippen MR) is 57.4 cm³/mol. The lowest BCUT2D eigenvalue weighted by atomic mass is 9.81. The minimum absolute atomic E-state index is 0.208. The smallest absolute Gasteiger partial charge is 0.0872 e. The van der Waals surface area contributed by atoms with Crippen molar-refractivity contribution in [2.24, 2.45) is 5.92 Å². The van der Waals surface area contributed by atoms with E-state index in [1.807, 2.05) is 0 Å². The number of nitrogens with one attached hydrogen (secondary N) is 1. The number of nitrogens with zero attached hydrogens (tertiary/aromatic N) is 1. The van der Waals surface area contributed by atoms with E-state index in [4.69, 9.17) is 4.74 Å². The fourth-order valence-corrected chi connectivity index (χ4v) is 2.85. The molecule has 2 fully saturated rings. The van der Waals surface area contributed by atoms with Gasteiger partial charge in [0.2, 0.25) is 0 Å². The van der Waals surface area contributed by atoms with Gasteiger partial charge in [0.05, 0.1) is 18.8 Å². The third kappa shape index (κ3) is 1.38. The molecule has 0 bridgehead atoms. The van der Waals surface area contributed by atoms with E-state index < -0.39 is 0 Å². The Kier molecular flexibility index (Phi) is 2.58. The Morgan fingerprint density at radius 2 is 2.21 bits per heavy atom. The van der Waals surface area contributed by atoms with Crippen LogP contribution in [0, 0.1) is 5.92 Å². The van der Waals surface area contributed by atoms with Crippen molar-refractivity contribution >= 4 is 0 Å². The van der Waals surface area contributed by atoms with Crippen molar-refractivity contribution in [3.63, 3.8) is 0 Å². The number of morpholine rings is 1. The van der Waals surface area contributed by atoms with Crippen LogP contribution in [-0.4, -0.2) is 49.3 Å². The molecule has 3 unspecified atom stereocenters. The van der Waals surface area contributed by atoms with Crippen molar-refractivity contribution < 1.29 is 4.74 Å². The highest BCUT2D eigenvalue weighted by Gasteiger charge is 2.50. The van der Waals surface area contributed by atoms with Gasteiger partial charge in [0, 0.05) is 18.6 Å². The van der Waals surface area contributed by atoms with Gasteiger partial charge < -0.3 is 10.1 Å². The number of likely N-dealkylation sites (N-methyl/N-ethyl adjacent to an activating group) is 1. The lowest BCUT2D eigenvalue weighted by molar-refractivity contribution is -0.0594. The van der Waals surface area contributed by atoms with E-state index in [1.165, 1.54) is 0 Å². The minimum atomic E-state index is 0.208. The summed E-state index contributed by atoms with van der Waals surface area (Å²) in [4.78, 5) is 2.45. The van der Waals surface area contributed by atoms with Crippen LogP contribution in [-0.2, 0) is 4.74 Å². The molecule has 0 aromatic rings. The molecule has 1 N–H and O–H groups in total. The van der Waals surface area contributed by atoms with Crippen LogP contribution in [0.2, 0.25) is 0 Å². The zero-order chi connectivity index (χ0) is 10.3. The Morgan fingerprint density at radius 1 is 1.50 bits per heavy atom. The van der Waals surface area contributed by atoms with E-state index in [9.17, 15) is 0 Å². The van der Waals surface area contributed by atoms with Crippen molar-refractivity contribution in [2.45, 2.75) is 38.5 Å². The molecule has 0 aromatic heterocycles. The monoisotopic (exact) mass is 198 g/mol. The van der Waals surface area contributed by atoms with Gasteiger partial charge in [0.1, 0.15) is 0 Å². The average Bonchev–Trinajstić information content (AvgIpc) is 2.47. The van der Waals surface area contributed by atoms with Crippen LogP contribution in [0.4, 0.5) is 0 Å². The zero-order valence-corrected chi connectivity index (χ0v) is 9.71. The summed E-state index contributed by atoms with van der Waals surface area (Å²) in [6.45, 7) is 9.85. The van der Waals surface area contributed by atoms with E-state index in [-0.39, 0.29) is 5.54 Å². The second-order valence-electron chi connectivity index (χ2n) is 5.15. The number of hydrogen-bond acceptors (Lipinski definition) is 3. The summed E-state index contributed by atoms with van der Waals surface area (Å²) >= 11 is 0. The topological polar surface area (TPSA) is 24.5 Å². The Balaban J connectivity index is 2.21. The zero-order valence-electron chi connectivity index (χ0n) is 9.71. The normalized spacial score (nSPS) is 44.4. The van der Waals surface area contributed by atoms with Gasteiger partial charge in [0.15, 0.2) is 0 Å². The quantitative estimate of drug-likeness (QED) is 0.671. The summed E-state index contributed by atoms with van der Waals surface area (Å²) < 4.78 is 5.81. The molecule has 3 nitrogen and oxygen atoms in total. The summed E-state index contributed by atoms with van der Waals surface area (Å²) in [5.74, 6) is 0.640. The van der Waals surface area contributed by atoms with Crippen molar-refractivity contribution in [2.75, 3.05) is 26.7 Å². The van der Waals surface area contributed by atoms with Crippen LogP contribution >= 0.6 is 0 Å². The summed E-state index contributed by atoms with van der Waals surface area (Å²) in [5.41, 5.74) is 0.208. The summed E-state index contributed by atoms with van der Waals surface area (Å²) in [5, 5.41) is 3.64. The molecule has 0 amide bonds. The third-order valence-corrected chi connectivity index (χ3v) is 4.10. The highest BCUT2D eigenvalue weighted by atomic mass is 16.5. The SMILES string of the molecule is CC(C)C1(C)NCC2OCCN(C)C21. The number of hydrogen-bond donors (Lipinski definition) is 1. The Hall–Kier alpha value is -0.120. The van der Waals surface area contributed by atoms with Crippen LogP contribution in [0.15, 0.2) is 0 Å². The average molecular weight is 198 g/mol. The number of fused-ring (bicyclic) bond motifs is 1. The molecule has 0 saturated carbocycles. The fraction of sp³-hybridized carbons (Fsp3) is 1.00. The van der Waals surface area contributed by atoms with E-state index in [0.717, 1.165) is 19.7 Å². The highest BCUT2D eigenvalue weighted by Crippen LogP contribution is 2.33. The maximum atomic E-state index is 5.81. The first-order valence-electron chi connectivity index (χ1n) is 5.62. The first-order chi connectivity index (χ1) is 6.55. The Morgan fingerprint density at radius 3 is 2.86 bits per heavy atom. The van der Waals surface area contributed by atoms with Crippen molar-refractivity contribution in [3.8, 4) is 0 Å². The largest absolute Gasteiger partial charge is 0.374 e. The molecule has 2 aliphatic heterocycles. The van der Waals surface area contributed by atoms with Crippen LogP contribution < -0.4 is 5.32 Å². The molecule has 0 radical (unpaired) electrons. The van der Waals surface area contributed by atoms with Crippen LogP contribution in [0.25, 0.3) is 0 Å².